The third kappa shape index (κ3) is 6.21. The van der Waals surface area contributed by atoms with E-state index in [0.29, 0.717) is 37.4 Å². The topological polar surface area (TPSA) is 99.0 Å². The van der Waals surface area contributed by atoms with Crippen LogP contribution in [0.2, 0.25) is 0 Å². The van der Waals surface area contributed by atoms with E-state index in [1.807, 2.05) is 4.90 Å². The van der Waals surface area contributed by atoms with Gasteiger partial charge in [-0.05, 0) is 49.2 Å². The summed E-state index contributed by atoms with van der Waals surface area (Å²) in [5, 5.41) is 13.7. The van der Waals surface area contributed by atoms with Crippen molar-refractivity contribution in [2.24, 2.45) is 0 Å². The molecule has 2 aromatic rings. The number of nitro benzene ring substituents is 1. The second-order valence-electron chi connectivity index (χ2n) is 8.05. The normalized spacial score (nSPS) is 13.5. The molecule has 3 rings (SSSR count). The van der Waals surface area contributed by atoms with Crippen molar-refractivity contribution in [2.75, 3.05) is 49.5 Å². The summed E-state index contributed by atoms with van der Waals surface area (Å²) in [6, 6.07) is 13.3. The van der Waals surface area contributed by atoms with E-state index in [1.165, 1.54) is 12.1 Å². The Balaban J connectivity index is 1.52. The van der Waals surface area contributed by atoms with Gasteiger partial charge in [0.2, 0.25) is 0 Å². The van der Waals surface area contributed by atoms with Crippen molar-refractivity contribution < 1.29 is 14.5 Å². The number of nitro groups is 1. The van der Waals surface area contributed by atoms with Gasteiger partial charge in [-0.3, -0.25) is 14.9 Å². The molecule has 9 nitrogen and oxygen atoms in total. The highest BCUT2D eigenvalue weighted by molar-refractivity contribution is 5.95. The summed E-state index contributed by atoms with van der Waals surface area (Å²) in [5.74, 6) is 0.0129. The fraction of sp³-hybridized carbons (Fsp3) is 0.417. The highest BCUT2D eigenvalue weighted by atomic mass is 16.6. The summed E-state index contributed by atoms with van der Waals surface area (Å²) in [7, 11) is 0. The maximum absolute atomic E-state index is 12.7. The van der Waals surface area contributed by atoms with Crippen LogP contribution in [0.4, 0.5) is 21.9 Å². The summed E-state index contributed by atoms with van der Waals surface area (Å²) < 4.78 is 0. The fourth-order valence-electron chi connectivity index (χ4n) is 3.89. The molecule has 0 bridgehead atoms. The smallest absolute Gasteiger partial charge is 0.321 e. The van der Waals surface area contributed by atoms with Gasteiger partial charge >= 0.3 is 6.03 Å². The number of urea groups is 1. The van der Waals surface area contributed by atoms with Gasteiger partial charge in [0.05, 0.1) is 4.92 Å². The van der Waals surface area contributed by atoms with Crippen molar-refractivity contribution in [3.05, 3.63) is 64.2 Å². The molecule has 1 saturated heterocycles. The number of hydrogen-bond donors (Lipinski definition) is 1. The van der Waals surface area contributed by atoms with Gasteiger partial charge in [-0.25, -0.2) is 4.79 Å². The highest BCUT2D eigenvalue weighted by Gasteiger charge is 2.22. The minimum absolute atomic E-state index is 0.0129. The van der Waals surface area contributed by atoms with Crippen LogP contribution in [0.15, 0.2) is 48.5 Å². The Kier molecular flexibility index (Phi) is 8.23. The highest BCUT2D eigenvalue weighted by Crippen LogP contribution is 2.21. The summed E-state index contributed by atoms with van der Waals surface area (Å²) in [5.41, 5.74) is 2.23. The lowest BCUT2D eigenvalue weighted by Gasteiger charge is -2.36. The first-order valence-electron chi connectivity index (χ1n) is 11.4. The summed E-state index contributed by atoms with van der Waals surface area (Å²) in [4.78, 5) is 41.5. The fourth-order valence-corrected chi connectivity index (χ4v) is 3.89. The molecule has 1 heterocycles. The maximum Gasteiger partial charge on any atom is 0.321 e. The van der Waals surface area contributed by atoms with E-state index in [4.69, 9.17) is 0 Å². The van der Waals surface area contributed by atoms with Crippen LogP contribution >= 0.6 is 0 Å². The van der Waals surface area contributed by atoms with E-state index in [9.17, 15) is 19.7 Å². The lowest BCUT2D eigenvalue weighted by molar-refractivity contribution is -0.384. The molecule has 9 heteroatoms. The molecular formula is C24H31N5O4. The Labute approximate surface area is 194 Å². The largest absolute Gasteiger partial charge is 0.368 e. The predicted molar refractivity (Wildman–Crippen MR) is 129 cm³/mol. The van der Waals surface area contributed by atoms with Crippen LogP contribution in [-0.2, 0) is 0 Å². The standard InChI is InChI=1S/C24H31N5O4/c1-3-13-27(14-4-2)23(30)19-5-7-20(8-6-19)25-24(31)28-17-15-26(16-18-28)21-9-11-22(12-10-21)29(32)33/h5-12H,3-4,13-18H2,1-2H3,(H,25,31). The number of non-ortho nitro benzene ring substituents is 1. The van der Waals surface area contributed by atoms with Gasteiger partial charge in [0.25, 0.3) is 11.6 Å². The van der Waals surface area contributed by atoms with Crippen LogP contribution in [0, 0.1) is 10.1 Å². The van der Waals surface area contributed by atoms with E-state index in [0.717, 1.165) is 31.6 Å². The van der Waals surface area contributed by atoms with Gasteiger partial charge < -0.3 is 20.0 Å². The van der Waals surface area contributed by atoms with Crippen LogP contribution < -0.4 is 10.2 Å². The molecule has 3 amide bonds. The first-order valence-corrected chi connectivity index (χ1v) is 11.4. The third-order valence-corrected chi connectivity index (χ3v) is 5.65. The van der Waals surface area contributed by atoms with Crippen LogP contribution in [0.5, 0.6) is 0 Å². The van der Waals surface area contributed by atoms with Crippen molar-refractivity contribution in [1.29, 1.82) is 0 Å². The molecule has 33 heavy (non-hydrogen) atoms. The zero-order chi connectivity index (χ0) is 23.8. The number of carbonyl (C=O) groups excluding carboxylic acids is 2. The molecule has 2 aromatic carbocycles. The Morgan fingerprint density at radius 1 is 0.939 bits per heavy atom. The molecule has 1 aliphatic heterocycles. The summed E-state index contributed by atoms with van der Waals surface area (Å²) >= 11 is 0. The number of nitrogens with one attached hydrogen (secondary N) is 1. The first-order chi connectivity index (χ1) is 15.9. The Morgan fingerprint density at radius 3 is 2.03 bits per heavy atom. The molecule has 0 saturated carbocycles. The van der Waals surface area contributed by atoms with Crippen LogP contribution in [0.1, 0.15) is 37.0 Å². The van der Waals surface area contributed by atoms with Crippen molar-refractivity contribution >= 4 is 29.0 Å². The molecule has 0 unspecified atom stereocenters. The van der Waals surface area contributed by atoms with Crippen molar-refractivity contribution in [3.8, 4) is 0 Å². The first kappa shape index (κ1) is 24.0. The van der Waals surface area contributed by atoms with E-state index in [1.54, 1.807) is 41.3 Å². The molecule has 0 atom stereocenters. The van der Waals surface area contributed by atoms with Gasteiger partial charge in [-0.15, -0.1) is 0 Å². The van der Waals surface area contributed by atoms with E-state index < -0.39 is 4.92 Å². The van der Waals surface area contributed by atoms with Gasteiger partial charge in [0.1, 0.15) is 0 Å². The van der Waals surface area contributed by atoms with Crippen LogP contribution in [-0.4, -0.2) is 65.9 Å². The number of rotatable bonds is 8. The second kappa shape index (κ2) is 11.3. The molecule has 1 aliphatic rings. The lowest BCUT2D eigenvalue weighted by atomic mass is 10.1. The Morgan fingerprint density at radius 2 is 1.52 bits per heavy atom. The lowest BCUT2D eigenvalue weighted by Crippen LogP contribution is -2.50. The van der Waals surface area contributed by atoms with Crippen LogP contribution in [0.25, 0.3) is 0 Å². The zero-order valence-corrected chi connectivity index (χ0v) is 19.2. The molecule has 0 radical (unpaired) electrons. The van der Waals surface area contributed by atoms with Gasteiger partial charge in [0.15, 0.2) is 0 Å². The number of carbonyl (C=O) groups is 2. The second-order valence-corrected chi connectivity index (χ2v) is 8.05. The van der Waals surface area contributed by atoms with Gasteiger partial charge in [0, 0.05) is 68.3 Å². The molecule has 1 fully saturated rings. The van der Waals surface area contributed by atoms with Gasteiger partial charge in [-0.2, -0.15) is 0 Å². The quantitative estimate of drug-likeness (QED) is 0.477. The number of amides is 3. The van der Waals surface area contributed by atoms with Crippen molar-refractivity contribution in [3.63, 3.8) is 0 Å². The molecule has 0 aromatic heterocycles. The molecule has 176 valence electrons. The Bertz CT molecular complexity index is 948. The number of benzene rings is 2. The number of anilines is 2. The van der Waals surface area contributed by atoms with Gasteiger partial charge in [-0.1, -0.05) is 13.8 Å². The Hall–Kier alpha value is -3.62. The van der Waals surface area contributed by atoms with Crippen molar-refractivity contribution in [2.45, 2.75) is 26.7 Å². The number of hydrogen-bond acceptors (Lipinski definition) is 5. The molecule has 1 N–H and O–H groups in total. The van der Waals surface area contributed by atoms with E-state index in [-0.39, 0.29) is 17.6 Å². The third-order valence-electron chi connectivity index (χ3n) is 5.65. The minimum atomic E-state index is -0.416. The van der Waals surface area contributed by atoms with E-state index >= 15 is 0 Å². The minimum Gasteiger partial charge on any atom is -0.368 e. The SMILES string of the molecule is CCCN(CCC)C(=O)c1ccc(NC(=O)N2CCN(c3ccc([N+](=O)[O-])cc3)CC2)cc1. The van der Waals surface area contributed by atoms with E-state index in [2.05, 4.69) is 24.1 Å². The number of nitrogens with zero attached hydrogens (tertiary/aromatic N) is 4. The zero-order valence-electron chi connectivity index (χ0n) is 19.2. The molecular weight excluding hydrogens is 422 g/mol. The predicted octanol–water partition coefficient (Wildman–Crippen LogP) is 4.21. The molecule has 0 aliphatic carbocycles. The number of piperazine rings is 1. The summed E-state index contributed by atoms with van der Waals surface area (Å²) in [6.07, 6.45) is 1.83. The average molecular weight is 454 g/mol. The summed E-state index contributed by atoms with van der Waals surface area (Å²) in [6.45, 7) is 7.95. The monoisotopic (exact) mass is 453 g/mol. The van der Waals surface area contributed by atoms with Crippen LogP contribution in [0.3, 0.4) is 0 Å². The van der Waals surface area contributed by atoms with Crippen molar-refractivity contribution in [1.82, 2.24) is 9.80 Å². The maximum atomic E-state index is 12.7. The average Bonchev–Trinajstić information content (AvgIpc) is 2.84. The molecule has 0 spiro atoms.